The van der Waals surface area contributed by atoms with E-state index in [9.17, 15) is 22.4 Å². The minimum Gasteiger partial charge on any atom is -0.488 e. The molecular formula is C15H11ClF4N2O3. The molecule has 0 aliphatic rings. The van der Waals surface area contributed by atoms with Gasteiger partial charge in [0.15, 0.2) is 5.69 Å². The number of aromatic nitrogens is 2. The summed E-state index contributed by atoms with van der Waals surface area (Å²) in [5.74, 6) is -0.968. The first kappa shape index (κ1) is 18.8. The standard InChI is InChI=1S/C15H11ClF4N2O3/c1-3-4-25-11-6-10(9(17)5-8(11)16)22-13(23)7-12(15(18,19)20)21-14(22)24-2/h3,5-7H,1,4H2,2H3. The zero-order chi connectivity index (χ0) is 18.8. The fourth-order valence-electron chi connectivity index (χ4n) is 1.91. The van der Waals surface area contributed by atoms with Crippen LogP contribution in [0.5, 0.6) is 11.8 Å². The van der Waals surface area contributed by atoms with Gasteiger partial charge in [-0.1, -0.05) is 24.3 Å². The van der Waals surface area contributed by atoms with Crippen molar-refractivity contribution < 1.29 is 27.0 Å². The molecule has 0 amide bonds. The lowest BCUT2D eigenvalue weighted by atomic mass is 10.2. The van der Waals surface area contributed by atoms with E-state index in [2.05, 4.69) is 11.6 Å². The van der Waals surface area contributed by atoms with Gasteiger partial charge in [0.25, 0.3) is 5.56 Å². The fourth-order valence-corrected chi connectivity index (χ4v) is 2.12. The number of ether oxygens (including phenoxy) is 2. The Morgan fingerprint density at radius 1 is 1.36 bits per heavy atom. The van der Waals surface area contributed by atoms with Crippen LogP contribution < -0.4 is 15.0 Å². The van der Waals surface area contributed by atoms with E-state index in [1.54, 1.807) is 0 Å². The average molecular weight is 379 g/mol. The molecule has 134 valence electrons. The molecule has 0 aliphatic carbocycles. The highest BCUT2D eigenvalue weighted by Gasteiger charge is 2.34. The Labute approximate surface area is 144 Å². The molecule has 25 heavy (non-hydrogen) atoms. The van der Waals surface area contributed by atoms with Crippen molar-refractivity contribution in [1.29, 1.82) is 0 Å². The molecule has 0 saturated carbocycles. The molecule has 0 fully saturated rings. The highest BCUT2D eigenvalue weighted by molar-refractivity contribution is 6.32. The quantitative estimate of drug-likeness (QED) is 0.589. The lowest BCUT2D eigenvalue weighted by Crippen LogP contribution is -2.25. The largest absolute Gasteiger partial charge is 0.488 e. The molecule has 2 aromatic rings. The molecule has 0 radical (unpaired) electrons. The molecule has 0 bridgehead atoms. The van der Waals surface area contributed by atoms with E-state index in [0.717, 1.165) is 19.2 Å². The lowest BCUT2D eigenvalue weighted by molar-refractivity contribution is -0.141. The average Bonchev–Trinajstić information content (AvgIpc) is 2.53. The van der Waals surface area contributed by atoms with Crippen molar-refractivity contribution in [3.05, 3.63) is 57.7 Å². The maximum absolute atomic E-state index is 14.2. The molecule has 1 aromatic carbocycles. The summed E-state index contributed by atoms with van der Waals surface area (Å²) < 4.78 is 63.0. The van der Waals surface area contributed by atoms with Crippen LogP contribution in [0.4, 0.5) is 17.6 Å². The number of alkyl halides is 3. The van der Waals surface area contributed by atoms with Gasteiger partial charge in [-0.15, -0.1) is 0 Å². The maximum atomic E-state index is 14.2. The minimum atomic E-state index is -4.86. The number of benzene rings is 1. The van der Waals surface area contributed by atoms with Crippen LogP contribution in [0.2, 0.25) is 5.02 Å². The van der Waals surface area contributed by atoms with Gasteiger partial charge in [-0.3, -0.25) is 4.79 Å². The van der Waals surface area contributed by atoms with Crippen molar-refractivity contribution in [3.8, 4) is 17.4 Å². The van der Waals surface area contributed by atoms with Gasteiger partial charge in [0.1, 0.15) is 18.2 Å². The third-order valence-electron chi connectivity index (χ3n) is 2.96. The second-order valence-corrected chi connectivity index (χ2v) is 5.04. The van der Waals surface area contributed by atoms with E-state index >= 15 is 0 Å². The molecule has 1 heterocycles. The summed E-state index contributed by atoms with van der Waals surface area (Å²) in [4.78, 5) is 15.3. The zero-order valence-electron chi connectivity index (χ0n) is 12.7. The number of halogens is 5. The van der Waals surface area contributed by atoms with Crippen LogP contribution in [0.25, 0.3) is 5.69 Å². The molecule has 0 saturated heterocycles. The topological polar surface area (TPSA) is 53.4 Å². The van der Waals surface area contributed by atoms with Crippen LogP contribution in [0.15, 0.2) is 35.6 Å². The number of hydrogen-bond donors (Lipinski definition) is 0. The van der Waals surface area contributed by atoms with Gasteiger partial charge in [-0.25, -0.2) is 8.96 Å². The summed E-state index contributed by atoms with van der Waals surface area (Å²) in [6.07, 6.45) is -3.45. The number of rotatable bonds is 5. The van der Waals surface area contributed by atoms with E-state index in [4.69, 9.17) is 21.1 Å². The second kappa shape index (κ2) is 7.14. The van der Waals surface area contributed by atoms with Crippen LogP contribution in [-0.4, -0.2) is 23.3 Å². The SMILES string of the molecule is C=CCOc1cc(-n2c(OC)nc(C(F)(F)F)cc2=O)c(F)cc1Cl. The molecule has 0 atom stereocenters. The highest BCUT2D eigenvalue weighted by Crippen LogP contribution is 2.32. The Morgan fingerprint density at radius 3 is 2.60 bits per heavy atom. The molecule has 0 N–H and O–H groups in total. The van der Waals surface area contributed by atoms with Crippen LogP contribution in [0.3, 0.4) is 0 Å². The summed E-state index contributed by atoms with van der Waals surface area (Å²) in [5, 5.41) is -0.0880. The normalized spacial score (nSPS) is 11.3. The van der Waals surface area contributed by atoms with Crippen molar-refractivity contribution in [1.82, 2.24) is 9.55 Å². The third-order valence-corrected chi connectivity index (χ3v) is 3.26. The van der Waals surface area contributed by atoms with E-state index in [1.807, 2.05) is 0 Å². The Morgan fingerprint density at radius 2 is 2.04 bits per heavy atom. The summed E-state index contributed by atoms with van der Waals surface area (Å²) in [5.41, 5.74) is -3.07. The first-order valence-corrected chi connectivity index (χ1v) is 7.05. The van der Waals surface area contributed by atoms with Gasteiger partial charge in [-0.2, -0.15) is 18.2 Å². The van der Waals surface area contributed by atoms with Crippen molar-refractivity contribution in [2.75, 3.05) is 13.7 Å². The first-order chi connectivity index (χ1) is 11.7. The Balaban J connectivity index is 2.69. The second-order valence-electron chi connectivity index (χ2n) is 4.63. The maximum Gasteiger partial charge on any atom is 0.433 e. The Kier molecular flexibility index (Phi) is 5.36. The van der Waals surface area contributed by atoms with Crippen LogP contribution in [-0.2, 0) is 6.18 Å². The van der Waals surface area contributed by atoms with Crippen molar-refractivity contribution in [2.45, 2.75) is 6.18 Å². The van der Waals surface area contributed by atoms with E-state index in [-0.39, 0.29) is 23.4 Å². The zero-order valence-corrected chi connectivity index (χ0v) is 13.5. The minimum absolute atomic E-state index is 0.00631. The molecule has 2 rings (SSSR count). The van der Waals surface area contributed by atoms with Gasteiger partial charge in [0, 0.05) is 12.1 Å². The summed E-state index contributed by atoms with van der Waals surface area (Å²) in [6, 6.07) is 1.41. The monoisotopic (exact) mass is 378 g/mol. The molecule has 0 unspecified atom stereocenters. The first-order valence-electron chi connectivity index (χ1n) is 6.67. The van der Waals surface area contributed by atoms with Gasteiger partial charge in [0.2, 0.25) is 0 Å². The van der Waals surface area contributed by atoms with Gasteiger partial charge in [-0.05, 0) is 6.07 Å². The molecule has 1 aromatic heterocycles. The Hall–Kier alpha value is -2.55. The van der Waals surface area contributed by atoms with Crippen molar-refractivity contribution in [2.24, 2.45) is 0 Å². The third kappa shape index (κ3) is 3.93. The van der Waals surface area contributed by atoms with Crippen LogP contribution in [0, 0.1) is 5.82 Å². The summed E-state index contributed by atoms with van der Waals surface area (Å²) >= 11 is 5.84. The van der Waals surface area contributed by atoms with E-state index in [1.165, 1.54) is 6.08 Å². The number of hydrogen-bond acceptors (Lipinski definition) is 4. The van der Waals surface area contributed by atoms with Crippen molar-refractivity contribution in [3.63, 3.8) is 0 Å². The van der Waals surface area contributed by atoms with Gasteiger partial charge >= 0.3 is 12.2 Å². The van der Waals surface area contributed by atoms with Crippen LogP contribution in [0.1, 0.15) is 5.69 Å². The molecule has 0 aliphatic heterocycles. The lowest BCUT2D eigenvalue weighted by Gasteiger charge is -2.15. The van der Waals surface area contributed by atoms with Gasteiger partial charge in [0.05, 0.1) is 17.8 Å². The van der Waals surface area contributed by atoms with Crippen LogP contribution >= 0.6 is 11.6 Å². The predicted molar refractivity (Wildman–Crippen MR) is 82.0 cm³/mol. The molecule has 5 nitrogen and oxygen atoms in total. The summed E-state index contributed by atoms with van der Waals surface area (Å²) in [6.45, 7) is 3.49. The number of methoxy groups -OCH3 is 1. The van der Waals surface area contributed by atoms with E-state index in [0.29, 0.717) is 4.57 Å². The van der Waals surface area contributed by atoms with Crippen molar-refractivity contribution >= 4 is 11.6 Å². The fraction of sp³-hybridized carbons (Fsp3) is 0.200. The Bertz CT molecular complexity index is 865. The van der Waals surface area contributed by atoms with E-state index < -0.39 is 34.9 Å². The number of nitrogens with zero attached hydrogens (tertiary/aromatic N) is 2. The molecule has 10 heteroatoms. The smallest absolute Gasteiger partial charge is 0.433 e. The van der Waals surface area contributed by atoms with Gasteiger partial charge < -0.3 is 9.47 Å². The molecule has 0 spiro atoms. The highest BCUT2D eigenvalue weighted by atomic mass is 35.5. The predicted octanol–water partition coefficient (Wildman–Crippen LogP) is 3.62. The summed E-state index contributed by atoms with van der Waals surface area (Å²) in [7, 11) is 1.00. The molecular weight excluding hydrogens is 368 g/mol.